The fraction of sp³-hybridized carbons (Fsp3) is 0.857. The van der Waals surface area contributed by atoms with E-state index in [9.17, 15) is 9.59 Å². The van der Waals surface area contributed by atoms with Gasteiger partial charge in [-0.15, -0.1) is 0 Å². The van der Waals surface area contributed by atoms with Crippen LogP contribution in [0, 0.1) is 5.92 Å². The van der Waals surface area contributed by atoms with Crippen LogP contribution in [0.2, 0.25) is 0 Å². The van der Waals surface area contributed by atoms with E-state index in [0.717, 1.165) is 52.0 Å². The van der Waals surface area contributed by atoms with Crippen molar-refractivity contribution in [3.63, 3.8) is 0 Å². The van der Waals surface area contributed by atoms with Gasteiger partial charge in [-0.3, -0.25) is 9.59 Å². The van der Waals surface area contributed by atoms with Crippen molar-refractivity contribution in [3.05, 3.63) is 0 Å². The molecule has 5 nitrogen and oxygen atoms in total. The first kappa shape index (κ1) is 14.3. The first-order chi connectivity index (χ1) is 9.25. The smallest absolute Gasteiger partial charge is 0.222 e. The monoisotopic (exact) mass is 268 g/mol. The lowest BCUT2D eigenvalue weighted by Gasteiger charge is -2.26. The van der Waals surface area contributed by atoms with Crippen molar-refractivity contribution >= 4 is 11.8 Å². The molecule has 0 radical (unpaired) electrons. The minimum absolute atomic E-state index is 0.0530. The van der Waals surface area contributed by atoms with Gasteiger partial charge in [0, 0.05) is 45.7 Å². The van der Waals surface area contributed by atoms with E-state index in [0.29, 0.717) is 25.3 Å². The number of carbonyl (C=O) groups is 2. The van der Waals surface area contributed by atoms with Crippen molar-refractivity contribution in [1.29, 1.82) is 0 Å². The summed E-state index contributed by atoms with van der Waals surface area (Å²) < 4.78 is 5.30. The number of hydrogen-bond acceptors (Lipinski definition) is 3. The Hall–Kier alpha value is -1.10. The Kier molecular flexibility index (Phi) is 5.63. The molecule has 2 fully saturated rings. The minimum atomic E-state index is 0.0530. The number of likely N-dealkylation sites (tertiary alicyclic amines) is 1. The Labute approximate surface area is 114 Å². The second-order valence-electron chi connectivity index (χ2n) is 5.46. The second kappa shape index (κ2) is 7.48. The lowest BCUT2D eigenvalue weighted by molar-refractivity contribution is -0.133. The van der Waals surface area contributed by atoms with Crippen LogP contribution in [0.5, 0.6) is 0 Å². The van der Waals surface area contributed by atoms with E-state index >= 15 is 0 Å². The molecule has 108 valence electrons. The first-order valence-electron chi connectivity index (χ1n) is 7.38. The van der Waals surface area contributed by atoms with Gasteiger partial charge >= 0.3 is 0 Å². The molecule has 2 rings (SSSR count). The molecule has 0 spiro atoms. The van der Waals surface area contributed by atoms with E-state index in [1.807, 2.05) is 4.90 Å². The molecule has 19 heavy (non-hydrogen) atoms. The minimum Gasteiger partial charge on any atom is -0.381 e. The normalized spacial score (nSPS) is 23.7. The number of ether oxygens (including phenoxy) is 1. The number of nitrogens with zero attached hydrogens (tertiary/aromatic N) is 1. The Morgan fingerprint density at radius 3 is 3.05 bits per heavy atom. The van der Waals surface area contributed by atoms with Crippen molar-refractivity contribution in [2.75, 3.05) is 32.8 Å². The van der Waals surface area contributed by atoms with Crippen molar-refractivity contribution < 1.29 is 14.3 Å². The maximum atomic E-state index is 11.7. The number of carbonyl (C=O) groups excluding carboxylic acids is 2. The lowest BCUT2D eigenvalue weighted by Crippen LogP contribution is -2.38. The van der Waals surface area contributed by atoms with Gasteiger partial charge in [-0.05, 0) is 31.6 Å². The van der Waals surface area contributed by atoms with Crippen LogP contribution in [0.1, 0.15) is 38.5 Å². The topological polar surface area (TPSA) is 58.6 Å². The highest BCUT2D eigenvalue weighted by Gasteiger charge is 2.19. The average molecular weight is 268 g/mol. The van der Waals surface area contributed by atoms with Crippen LogP contribution in [-0.4, -0.2) is 49.6 Å². The number of rotatable bonds is 6. The predicted molar refractivity (Wildman–Crippen MR) is 71.6 cm³/mol. The summed E-state index contributed by atoms with van der Waals surface area (Å²) in [7, 11) is 0. The molecular formula is C14H24N2O3. The van der Waals surface area contributed by atoms with Gasteiger partial charge in [-0.25, -0.2) is 0 Å². The van der Waals surface area contributed by atoms with Crippen molar-refractivity contribution in [2.24, 2.45) is 5.92 Å². The summed E-state index contributed by atoms with van der Waals surface area (Å²) in [4.78, 5) is 25.1. The van der Waals surface area contributed by atoms with Crippen molar-refractivity contribution in [2.45, 2.75) is 38.5 Å². The van der Waals surface area contributed by atoms with Gasteiger partial charge in [0.25, 0.3) is 0 Å². The molecule has 1 atom stereocenters. The third-order valence-corrected chi connectivity index (χ3v) is 3.93. The third kappa shape index (κ3) is 4.82. The third-order valence-electron chi connectivity index (χ3n) is 3.93. The fourth-order valence-corrected chi connectivity index (χ4v) is 2.65. The molecule has 2 aliphatic rings. The van der Waals surface area contributed by atoms with E-state index < -0.39 is 0 Å². The van der Waals surface area contributed by atoms with E-state index in [-0.39, 0.29) is 11.8 Å². The molecule has 5 heteroatoms. The summed E-state index contributed by atoms with van der Waals surface area (Å²) in [5.74, 6) is 0.850. The SMILES string of the molecule is O=C(CCN1CCCCC1=O)NCC[C@@H]1CCOC1. The van der Waals surface area contributed by atoms with Crippen molar-refractivity contribution in [1.82, 2.24) is 10.2 Å². The largest absolute Gasteiger partial charge is 0.381 e. The molecule has 0 saturated carbocycles. The maximum Gasteiger partial charge on any atom is 0.222 e. The van der Waals surface area contributed by atoms with Gasteiger partial charge in [-0.1, -0.05) is 0 Å². The summed E-state index contributed by atoms with van der Waals surface area (Å²) in [6.45, 7) is 3.79. The molecule has 0 unspecified atom stereocenters. The van der Waals surface area contributed by atoms with Gasteiger partial charge < -0.3 is 15.0 Å². The van der Waals surface area contributed by atoms with Crippen LogP contribution in [0.4, 0.5) is 0 Å². The van der Waals surface area contributed by atoms with Gasteiger partial charge in [0.05, 0.1) is 0 Å². The Morgan fingerprint density at radius 2 is 2.32 bits per heavy atom. The summed E-state index contributed by atoms with van der Waals surface area (Å²) in [5.41, 5.74) is 0. The summed E-state index contributed by atoms with van der Waals surface area (Å²) >= 11 is 0. The molecule has 2 aliphatic heterocycles. The van der Waals surface area contributed by atoms with Crippen LogP contribution in [0.15, 0.2) is 0 Å². The number of amides is 2. The summed E-state index contributed by atoms with van der Waals surface area (Å²) in [6.07, 6.45) is 5.22. The first-order valence-corrected chi connectivity index (χ1v) is 7.38. The second-order valence-corrected chi connectivity index (χ2v) is 5.46. The van der Waals surface area contributed by atoms with Crippen LogP contribution in [-0.2, 0) is 14.3 Å². The van der Waals surface area contributed by atoms with Gasteiger partial charge in [0.1, 0.15) is 0 Å². The number of hydrogen-bond donors (Lipinski definition) is 1. The molecule has 0 aromatic carbocycles. The van der Waals surface area contributed by atoms with E-state index in [1.165, 1.54) is 0 Å². The molecule has 0 aromatic rings. The zero-order valence-corrected chi connectivity index (χ0v) is 11.5. The Morgan fingerprint density at radius 1 is 1.42 bits per heavy atom. The lowest BCUT2D eigenvalue weighted by atomic mass is 10.1. The zero-order valence-electron chi connectivity index (χ0n) is 11.5. The quantitative estimate of drug-likeness (QED) is 0.779. The predicted octanol–water partition coefficient (Wildman–Crippen LogP) is 0.932. The highest BCUT2D eigenvalue weighted by molar-refractivity contribution is 5.79. The molecule has 0 aromatic heterocycles. The van der Waals surface area contributed by atoms with Gasteiger partial charge in [0.2, 0.25) is 11.8 Å². The van der Waals surface area contributed by atoms with E-state index in [2.05, 4.69) is 5.32 Å². The highest BCUT2D eigenvalue weighted by Crippen LogP contribution is 2.15. The van der Waals surface area contributed by atoms with Crippen LogP contribution >= 0.6 is 0 Å². The molecule has 0 aliphatic carbocycles. The number of piperidine rings is 1. The van der Waals surface area contributed by atoms with Crippen LogP contribution in [0.25, 0.3) is 0 Å². The molecule has 2 amide bonds. The standard InChI is InChI=1S/C14H24N2O3/c17-13(15-7-4-12-6-10-19-11-12)5-9-16-8-2-1-3-14(16)18/h12H,1-11H2,(H,15,17)/t12-/m1/s1. The average Bonchev–Trinajstić information content (AvgIpc) is 2.91. The zero-order chi connectivity index (χ0) is 13.5. The number of nitrogens with one attached hydrogen (secondary N) is 1. The Bertz CT molecular complexity index is 314. The van der Waals surface area contributed by atoms with Crippen LogP contribution in [0.3, 0.4) is 0 Å². The molecule has 1 N–H and O–H groups in total. The summed E-state index contributed by atoms with van der Waals surface area (Å²) in [5, 5.41) is 2.93. The fourth-order valence-electron chi connectivity index (χ4n) is 2.65. The van der Waals surface area contributed by atoms with Crippen molar-refractivity contribution in [3.8, 4) is 0 Å². The molecule has 2 saturated heterocycles. The van der Waals surface area contributed by atoms with Gasteiger partial charge in [0.15, 0.2) is 0 Å². The summed E-state index contributed by atoms with van der Waals surface area (Å²) in [6, 6.07) is 0. The Balaban J connectivity index is 1.54. The van der Waals surface area contributed by atoms with Gasteiger partial charge in [-0.2, -0.15) is 0 Å². The highest BCUT2D eigenvalue weighted by atomic mass is 16.5. The van der Waals surface area contributed by atoms with Crippen LogP contribution < -0.4 is 5.32 Å². The van der Waals surface area contributed by atoms with E-state index in [4.69, 9.17) is 4.74 Å². The molecule has 2 heterocycles. The molecule has 0 bridgehead atoms. The molecular weight excluding hydrogens is 244 g/mol. The van der Waals surface area contributed by atoms with E-state index in [1.54, 1.807) is 0 Å². The maximum absolute atomic E-state index is 11.7.